The molecule has 0 bridgehead atoms. The summed E-state index contributed by atoms with van der Waals surface area (Å²) in [6, 6.07) is 1.38. The average molecular weight is 182 g/mol. The van der Waals surface area contributed by atoms with E-state index in [0.29, 0.717) is 6.41 Å². The van der Waals surface area contributed by atoms with Crippen molar-refractivity contribution in [3.05, 3.63) is 28.6 Å². The molecule has 0 saturated carbocycles. The average Bonchev–Trinajstić information content (AvgIpc) is 2.15. The molecule has 0 aliphatic carbocycles. The number of pyridine rings is 1. The third-order valence-electron chi connectivity index (χ3n) is 1.26. The van der Waals surface area contributed by atoms with E-state index in [1.807, 2.05) is 0 Å². The van der Waals surface area contributed by atoms with Crippen molar-refractivity contribution in [1.29, 1.82) is 0 Å². The minimum Gasteiger partial charge on any atom is -0.292 e. The van der Waals surface area contributed by atoms with Crippen LogP contribution in [0.5, 0.6) is 0 Å². The van der Waals surface area contributed by atoms with Crippen LogP contribution in [-0.4, -0.2) is 16.3 Å². The van der Waals surface area contributed by atoms with Gasteiger partial charge in [-0.05, 0) is 6.07 Å². The fourth-order valence-electron chi connectivity index (χ4n) is 0.745. The summed E-state index contributed by atoms with van der Waals surface area (Å²) < 4.78 is 0. The van der Waals surface area contributed by atoms with Crippen LogP contribution in [-0.2, 0) is 4.79 Å². The normalized spacial score (nSPS) is 8.92. The molecule has 1 amide bonds. The molecule has 1 aromatic heterocycles. The van der Waals surface area contributed by atoms with E-state index in [4.69, 9.17) is 0 Å². The molecule has 0 radical (unpaired) electrons. The highest BCUT2D eigenvalue weighted by molar-refractivity contribution is 5.62. The van der Waals surface area contributed by atoms with Crippen LogP contribution < -0.4 is 10.9 Å². The van der Waals surface area contributed by atoms with Crippen molar-refractivity contribution in [1.82, 2.24) is 10.4 Å². The van der Waals surface area contributed by atoms with Crippen LogP contribution in [0.4, 0.5) is 11.4 Å². The van der Waals surface area contributed by atoms with Crippen LogP contribution in [0.3, 0.4) is 0 Å². The first-order valence-corrected chi connectivity index (χ1v) is 3.29. The van der Waals surface area contributed by atoms with E-state index >= 15 is 0 Å². The second kappa shape index (κ2) is 4.00. The smallest absolute Gasteiger partial charge is 0.292 e. The molecule has 13 heavy (non-hydrogen) atoms. The first kappa shape index (κ1) is 8.91. The van der Waals surface area contributed by atoms with Crippen LogP contribution in [0, 0.1) is 10.1 Å². The molecule has 2 N–H and O–H groups in total. The van der Waals surface area contributed by atoms with E-state index in [1.165, 1.54) is 12.3 Å². The molecular weight excluding hydrogens is 176 g/mol. The molecule has 1 heterocycles. The van der Waals surface area contributed by atoms with Crippen LogP contribution >= 0.6 is 0 Å². The number of rotatable bonds is 4. The Labute approximate surface area is 72.9 Å². The van der Waals surface area contributed by atoms with Crippen molar-refractivity contribution in [2.75, 3.05) is 5.43 Å². The number of carbonyl (C=O) groups is 1. The zero-order valence-corrected chi connectivity index (χ0v) is 6.43. The SMILES string of the molecule is O=CNNc1ccncc1[N+](=O)[O-]. The monoisotopic (exact) mass is 182 g/mol. The highest BCUT2D eigenvalue weighted by Crippen LogP contribution is 2.20. The maximum Gasteiger partial charge on any atom is 0.312 e. The summed E-state index contributed by atoms with van der Waals surface area (Å²) in [5.41, 5.74) is 4.43. The number of nitrogens with one attached hydrogen (secondary N) is 2. The summed E-state index contributed by atoms with van der Waals surface area (Å²) in [6.07, 6.45) is 2.85. The predicted octanol–water partition coefficient (Wildman–Crippen LogP) is 0.0627. The van der Waals surface area contributed by atoms with E-state index in [2.05, 4.69) is 15.8 Å². The van der Waals surface area contributed by atoms with E-state index < -0.39 is 4.92 Å². The number of hydrazine groups is 1. The van der Waals surface area contributed by atoms with Gasteiger partial charge in [-0.2, -0.15) is 0 Å². The molecule has 0 spiro atoms. The maximum atomic E-state index is 10.4. The number of hydrogen-bond acceptors (Lipinski definition) is 5. The lowest BCUT2D eigenvalue weighted by atomic mass is 10.4. The Morgan fingerprint density at radius 3 is 3.00 bits per heavy atom. The van der Waals surface area contributed by atoms with Gasteiger partial charge in [0.2, 0.25) is 6.41 Å². The number of nitrogens with zero attached hydrogens (tertiary/aromatic N) is 2. The van der Waals surface area contributed by atoms with Crippen LogP contribution in [0.15, 0.2) is 18.5 Å². The van der Waals surface area contributed by atoms with Crippen LogP contribution in [0.2, 0.25) is 0 Å². The molecule has 0 atom stereocenters. The fraction of sp³-hybridized carbons (Fsp3) is 0. The molecule has 68 valence electrons. The van der Waals surface area contributed by atoms with Gasteiger partial charge < -0.3 is 0 Å². The summed E-state index contributed by atoms with van der Waals surface area (Å²) in [5, 5.41) is 10.4. The number of carbonyl (C=O) groups excluding carboxylic acids is 1. The zero-order valence-electron chi connectivity index (χ0n) is 6.43. The van der Waals surface area contributed by atoms with Gasteiger partial charge in [0.05, 0.1) is 4.92 Å². The molecule has 0 aliphatic rings. The summed E-state index contributed by atoms with van der Waals surface area (Å²) in [4.78, 5) is 23.3. The summed E-state index contributed by atoms with van der Waals surface area (Å²) in [7, 11) is 0. The van der Waals surface area contributed by atoms with Crippen molar-refractivity contribution in [2.45, 2.75) is 0 Å². The van der Waals surface area contributed by atoms with Gasteiger partial charge in [-0.3, -0.25) is 30.7 Å². The molecule has 1 aromatic rings. The van der Waals surface area contributed by atoms with Crippen LogP contribution in [0.1, 0.15) is 0 Å². The Bertz CT molecular complexity index is 327. The molecule has 0 fully saturated rings. The maximum absolute atomic E-state index is 10.4. The Morgan fingerprint density at radius 1 is 1.62 bits per heavy atom. The Morgan fingerprint density at radius 2 is 2.38 bits per heavy atom. The highest BCUT2D eigenvalue weighted by atomic mass is 16.6. The van der Waals surface area contributed by atoms with Crippen molar-refractivity contribution in [3.8, 4) is 0 Å². The molecule has 0 aliphatic heterocycles. The molecule has 0 unspecified atom stereocenters. The molecule has 0 saturated heterocycles. The van der Waals surface area contributed by atoms with Gasteiger partial charge >= 0.3 is 5.69 Å². The quantitative estimate of drug-likeness (QED) is 0.390. The van der Waals surface area contributed by atoms with E-state index in [0.717, 1.165) is 6.20 Å². The molecule has 1 rings (SSSR count). The molecule has 7 heteroatoms. The third kappa shape index (κ3) is 2.12. The van der Waals surface area contributed by atoms with Gasteiger partial charge in [-0.1, -0.05) is 0 Å². The van der Waals surface area contributed by atoms with Crippen molar-refractivity contribution in [3.63, 3.8) is 0 Å². The summed E-state index contributed by atoms with van der Waals surface area (Å²) in [5.74, 6) is 0. The second-order valence-electron chi connectivity index (χ2n) is 2.04. The van der Waals surface area contributed by atoms with Gasteiger partial charge in [0.1, 0.15) is 11.9 Å². The van der Waals surface area contributed by atoms with Gasteiger partial charge in [0.15, 0.2) is 0 Å². The zero-order chi connectivity index (χ0) is 9.68. The van der Waals surface area contributed by atoms with Gasteiger partial charge in [-0.25, -0.2) is 0 Å². The lowest BCUT2D eigenvalue weighted by Crippen LogP contribution is -2.19. The van der Waals surface area contributed by atoms with Gasteiger partial charge in [0.25, 0.3) is 0 Å². The summed E-state index contributed by atoms with van der Waals surface area (Å²) >= 11 is 0. The lowest BCUT2D eigenvalue weighted by Gasteiger charge is -2.02. The summed E-state index contributed by atoms with van der Waals surface area (Å²) in [6.45, 7) is 0. The van der Waals surface area contributed by atoms with E-state index in [9.17, 15) is 14.9 Å². The molecular formula is C6H6N4O3. The number of amides is 1. The highest BCUT2D eigenvalue weighted by Gasteiger charge is 2.11. The number of hydrogen-bond donors (Lipinski definition) is 2. The number of anilines is 1. The largest absolute Gasteiger partial charge is 0.312 e. The van der Waals surface area contributed by atoms with E-state index in [-0.39, 0.29) is 11.4 Å². The lowest BCUT2D eigenvalue weighted by molar-refractivity contribution is -0.384. The Hall–Kier alpha value is -2.18. The van der Waals surface area contributed by atoms with E-state index in [1.54, 1.807) is 0 Å². The fourth-order valence-corrected chi connectivity index (χ4v) is 0.745. The minimum absolute atomic E-state index is 0.187. The van der Waals surface area contributed by atoms with Crippen molar-refractivity contribution < 1.29 is 9.72 Å². The topological polar surface area (TPSA) is 97.2 Å². The number of nitro groups is 1. The minimum atomic E-state index is -0.595. The predicted molar refractivity (Wildman–Crippen MR) is 43.7 cm³/mol. The third-order valence-corrected chi connectivity index (χ3v) is 1.26. The first-order chi connectivity index (χ1) is 6.25. The van der Waals surface area contributed by atoms with Gasteiger partial charge in [-0.15, -0.1) is 0 Å². The van der Waals surface area contributed by atoms with Gasteiger partial charge in [0, 0.05) is 6.20 Å². The standard InChI is InChI=1S/C6H6N4O3/c11-4-8-9-5-1-2-7-3-6(5)10(12)13/h1-4H,(H,7,9)(H,8,11). The molecule has 7 nitrogen and oxygen atoms in total. The van der Waals surface area contributed by atoms with Crippen molar-refractivity contribution >= 4 is 17.8 Å². The Kier molecular flexibility index (Phi) is 2.74. The number of aromatic nitrogens is 1. The van der Waals surface area contributed by atoms with Crippen molar-refractivity contribution in [2.24, 2.45) is 0 Å². The second-order valence-corrected chi connectivity index (χ2v) is 2.04. The van der Waals surface area contributed by atoms with Crippen LogP contribution in [0.25, 0.3) is 0 Å². The molecule has 0 aromatic carbocycles. The first-order valence-electron chi connectivity index (χ1n) is 3.29. The Balaban J connectivity index is 2.90.